The molecule has 1 aromatic heterocycles. The predicted molar refractivity (Wildman–Crippen MR) is 106 cm³/mol. The van der Waals surface area contributed by atoms with Crippen LogP contribution in [0.3, 0.4) is 0 Å². The Labute approximate surface area is 163 Å². The van der Waals surface area contributed by atoms with Crippen molar-refractivity contribution in [1.82, 2.24) is 0 Å². The van der Waals surface area contributed by atoms with Gasteiger partial charge in [0.2, 0.25) is 9.84 Å². The molecule has 2 aromatic carbocycles. The van der Waals surface area contributed by atoms with Crippen LogP contribution in [0.25, 0.3) is 11.1 Å². The van der Waals surface area contributed by atoms with E-state index in [4.69, 9.17) is 14.9 Å². The van der Waals surface area contributed by atoms with E-state index in [0.717, 1.165) is 11.1 Å². The summed E-state index contributed by atoms with van der Waals surface area (Å²) in [6.45, 7) is 0.942. The maximum absolute atomic E-state index is 12.5. The van der Waals surface area contributed by atoms with Gasteiger partial charge in [0.15, 0.2) is 5.94 Å². The number of carbonyl (C=O) groups excluding carboxylic acids is 1. The van der Waals surface area contributed by atoms with Crippen LogP contribution >= 0.6 is 0 Å². The average molecular weight is 400 g/mol. The Hall–Kier alpha value is -3.10. The summed E-state index contributed by atoms with van der Waals surface area (Å²) in [5.41, 5.74) is 7.90. The lowest BCUT2D eigenvalue weighted by molar-refractivity contribution is 0.0571. The molecule has 28 heavy (non-hydrogen) atoms. The molecule has 0 saturated carbocycles. The van der Waals surface area contributed by atoms with Crippen molar-refractivity contribution in [2.75, 3.05) is 24.3 Å². The molecule has 3 rings (SSSR count). The molecule has 1 heterocycles. The average Bonchev–Trinajstić information content (AvgIpc) is 3.26. The van der Waals surface area contributed by atoms with Crippen LogP contribution in [0.15, 0.2) is 76.4 Å². The van der Waals surface area contributed by atoms with Crippen molar-refractivity contribution >= 4 is 21.5 Å². The van der Waals surface area contributed by atoms with Gasteiger partial charge in [-0.25, -0.2) is 13.2 Å². The zero-order valence-electron chi connectivity index (χ0n) is 15.0. The normalized spacial score (nSPS) is 11.2. The summed E-state index contributed by atoms with van der Waals surface area (Å²) in [5.74, 6) is -1.46. The Kier molecular flexibility index (Phi) is 6.13. The summed E-state index contributed by atoms with van der Waals surface area (Å²) in [4.78, 5) is 12.4. The highest BCUT2D eigenvalue weighted by Gasteiger charge is 2.19. The highest BCUT2D eigenvalue weighted by atomic mass is 32.2. The molecule has 3 N–H and O–H groups in total. The second-order valence-corrected chi connectivity index (χ2v) is 7.94. The molecule has 0 amide bonds. The second-order valence-electron chi connectivity index (χ2n) is 6.00. The Bertz CT molecular complexity index is 1050. The van der Waals surface area contributed by atoms with Crippen LogP contribution < -0.4 is 11.1 Å². The molecule has 0 aliphatic rings. The predicted octanol–water partition coefficient (Wildman–Crippen LogP) is 2.91. The van der Waals surface area contributed by atoms with E-state index in [0.29, 0.717) is 18.8 Å². The first-order valence-electron chi connectivity index (χ1n) is 8.56. The van der Waals surface area contributed by atoms with E-state index in [9.17, 15) is 13.2 Å². The molecule has 0 saturated heterocycles. The molecule has 0 aliphatic carbocycles. The lowest BCUT2D eigenvalue weighted by atomic mass is 10.1. The van der Waals surface area contributed by atoms with Gasteiger partial charge in [0.25, 0.3) is 0 Å². The number of nitrogens with two attached hydrogens (primary N) is 1. The zero-order chi connectivity index (χ0) is 20.0. The van der Waals surface area contributed by atoms with Crippen LogP contribution in [0, 0.1) is 0 Å². The Morgan fingerprint density at radius 3 is 2.64 bits per heavy atom. The van der Waals surface area contributed by atoms with Gasteiger partial charge in [-0.1, -0.05) is 18.2 Å². The van der Waals surface area contributed by atoms with Crippen LogP contribution in [0.5, 0.6) is 0 Å². The van der Waals surface area contributed by atoms with Crippen molar-refractivity contribution in [2.45, 2.75) is 4.90 Å². The van der Waals surface area contributed by atoms with Crippen LogP contribution in [-0.4, -0.2) is 33.4 Å². The van der Waals surface area contributed by atoms with E-state index in [1.165, 1.54) is 18.4 Å². The van der Waals surface area contributed by atoms with Crippen molar-refractivity contribution in [3.63, 3.8) is 0 Å². The highest BCUT2D eigenvalue weighted by Crippen LogP contribution is 2.22. The first kappa shape index (κ1) is 19.7. The van der Waals surface area contributed by atoms with Crippen LogP contribution in [0.4, 0.5) is 5.69 Å². The number of furan rings is 1. The fourth-order valence-electron chi connectivity index (χ4n) is 2.55. The summed E-state index contributed by atoms with van der Waals surface area (Å²) in [5, 5.41) is 3.01. The number of esters is 1. The van der Waals surface area contributed by atoms with Gasteiger partial charge in [-0.3, -0.25) is 0 Å². The molecule has 0 unspecified atom stereocenters. The van der Waals surface area contributed by atoms with E-state index in [1.54, 1.807) is 42.7 Å². The van der Waals surface area contributed by atoms with E-state index in [-0.39, 0.29) is 10.5 Å². The number of hydrogen-bond acceptors (Lipinski definition) is 7. The van der Waals surface area contributed by atoms with Crippen LogP contribution in [-0.2, 0) is 14.6 Å². The molecular weight excluding hydrogens is 380 g/mol. The molecule has 0 spiro atoms. The summed E-state index contributed by atoms with van der Waals surface area (Å²) < 4.78 is 35.1. The molecule has 146 valence electrons. The molecule has 0 aliphatic heterocycles. The van der Waals surface area contributed by atoms with Gasteiger partial charge < -0.3 is 20.2 Å². The molecule has 7 nitrogen and oxygen atoms in total. The lowest BCUT2D eigenvalue weighted by Crippen LogP contribution is -2.16. The number of carbonyl (C=O) groups is 1. The molecule has 0 atom stereocenters. The van der Waals surface area contributed by atoms with Gasteiger partial charge in [-0.05, 0) is 42.0 Å². The van der Waals surface area contributed by atoms with Crippen molar-refractivity contribution in [1.29, 1.82) is 0 Å². The molecular formula is C20H20N2O5S. The SMILES string of the molecule is NCCNc1cccc(S(=O)(=O)COC(=O)c2cccc(-c3ccoc3)c2)c1. The zero-order valence-corrected chi connectivity index (χ0v) is 15.8. The summed E-state index contributed by atoms with van der Waals surface area (Å²) in [6, 6.07) is 14.8. The first-order chi connectivity index (χ1) is 13.5. The third kappa shape index (κ3) is 4.79. The minimum Gasteiger partial charge on any atom is -0.472 e. The van der Waals surface area contributed by atoms with Crippen molar-refractivity contribution in [2.24, 2.45) is 5.73 Å². The van der Waals surface area contributed by atoms with Crippen molar-refractivity contribution < 1.29 is 22.4 Å². The first-order valence-corrected chi connectivity index (χ1v) is 10.2. The number of anilines is 1. The maximum atomic E-state index is 12.5. The van der Waals surface area contributed by atoms with Gasteiger partial charge in [0.05, 0.1) is 23.0 Å². The minimum absolute atomic E-state index is 0.0643. The largest absolute Gasteiger partial charge is 0.472 e. The molecule has 8 heteroatoms. The topological polar surface area (TPSA) is 112 Å². The smallest absolute Gasteiger partial charge is 0.339 e. The van der Waals surface area contributed by atoms with E-state index in [2.05, 4.69) is 5.32 Å². The van der Waals surface area contributed by atoms with Gasteiger partial charge in [-0.2, -0.15) is 0 Å². The monoisotopic (exact) mass is 400 g/mol. The number of ether oxygens (including phenoxy) is 1. The fraction of sp³-hybridized carbons (Fsp3) is 0.150. The minimum atomic E-state index is -3.79. The van der Waals surface area contributed by atoms with E-state index in [1.807, 2.05) is 6.07 Å². The second kappa shape index (κ2) is 8.73. The van der Waals surface area contributed by atoms with Crippen LogP contribution in [0.2, 0.25) is 0 Å². The molecule has 0 fully saturated rings. The van der Waals surface area contributed by atoms with Crippen molar-refractivity contribution in [3.8, 4) is 11.1 Å². The number of sulfone groups is 1. The van der Waals surface area contributed by atoms with Gasteiger partial charge in [0.1, 0.15) is 0 Å². The van der Waals surface area contributed by atoms with Gasteiger partial charge >= 0.3 is 5.97 Å². The standard InChI is InChI=1S/C20H20N2O5S/c21-8-9-22-18-5-2-6-19(12-18)28(24,25)14-27-20(23)16-4-1-3-15(11-16)17-7-10-26-13-17/h1-7,10-13,22H,8-9,14,21H2. The molecule has 0 bridgehead atoms. The van der Waals surface area contributed by atoms with E-state index >= 15 is 0 Å². The maximum Gasteiger partial charge on any atom is 0.339 e. The number of rotatable bonds is 8. The Morgan fingerprint density at radius 2 is 1.89 bits per heavy atom. The Balaban J connectivity index is 1.69. The van der Waals surface area contributed by atoms with Crippen molar-refractivity contribution in [3.05, 3.63) is 72.7 Å². The number of nitrogens with one attached hydrogen (secondary N) is 1. The molecule has 3 aromatic rings. The summed E-state index contributed by atoms with van der Waals surface area (Å²) in [6.07, 6.45) is 3.09. The highest BCUT2D eigenvalue weighted by molar-refractivity contribution is 7.91. The molecule has 0 radical (unpaired) electrons. The third-order valence-corrected chi connectivity index (χ3v) is 5.36. The third-order valence-electron chi connectivity index (χ3n) is 3.96. The number of hydrogen-bond donors (Lipinski definition) is 2. The quantitative estimate of drug-likeness (QED) is 0.559. The van der Waals surface area contributed by atoms with E-state index < -0.39 is 21.7 Å². The Morgan fingerprint density at radius 1 is 1.07 bits per heavy atom. The van der Waals surface area contributed by atoms with Gasteiger partial charge in [-0.15, -0.1) is 0 Å². The van der Waals surface area contributed by atoms with Gasteiger partial charge in [0, 0.05) is 24.3 Å². The van der Waals surface area contributed by atoms with Crippen LogP contribution in [0.1, 0.15) is 10.4 Å². The lowest BCUT2D eigenvalue weighted by Gasteiger charge is -2.09. The summed E-state index contributed by atoms with van der Waals surface area (Å²) >= 11 is 0. The fourth-order valence-corrected chi connectivity index (χ4v) is 3.54. The number of benzene rings is 2. The summed E-state index contributed by atoms with van der Waals surface area (Å²) in [7, 11) is -3.79.